The van der Waals surface area contributed by atoms with Gasteiger partial charge in [0, 0.05) is 19.3 Å². The molecule has 0 saturated heterocycles. The smallest absolute Gasteiger partial charge is 0.376 e. The molecular formula is C7H18O3Si. The lowest BCUT2D eigenvalue weighted by Gasteiger charge is -2.16. The van der Waals surface area contributed by atoms with Gasteiger partial charge >= 0.3 is 9.53 Å². The van der Waals surface area contributed by atoms with Crippen LogP contribution in [0.4, 0.5) is 0 Å². The summed E-state index contributed by atoms with van der Waals surface area (Å²) in [7, 11) is -1.79. The van der Waals surface area contributed by atoms with Gasteiger partial charge in [0.25, 0.3) is 0 Å². The van der Waals surface area contributed by atoms with E-state index in [4.69, 9.17) is 13.3 Å². The van der Waals surface area contributed by atoms with Gasteiger partial charge in [-0.3, -0.25) is 0 Å². The zero-order valence-corrected chi connectivity index (χ0v) is 8.95. The molecule has 0 amide bonds. The average Bonchev–Trinajstić information content (AvgIpc) is 1.87. The first-order chi connectivity index (χ1) is 5.20. The van der Waals surface area contributed by atoms with Gasteiger partial charge in [-0.05, 0) is 27.7 Å². The third-order valence-corrected chi connectivity index (χ3v) is 2.97. The summed E-state index contributed by atoms with van der Waals surface area (Å²) >= 11 is 0. The summed E-state index contributed by atoms with van der Waals surface area (Å²) in [5.41, 5.74) is 0. The molecule has 0 aliphatic carbocycles. The summed E-state index contributed by atoms with van der Waals surface area (Å²) in [6.45, 7) is 9.20. The lowest BCUT2D eigenvalue weighted by molar-refractivity contribution is 0.0770. The van der Waals surface area contributed by atoms with Gasteiger partial charge in [0.2, 0.25) is 0 Å². The Morgan fingerprint density at radius 1 is 1.09 bits per heavy atom. The van der Waals surface area contributed by atoms with E-state index in [1.807, 2.05) is 27.7 Å². The Hall–Kier alpha value is 0.0969. The fraction of sp³-hybridized carbons (Fsp3) is 1.00. The van der Waals surface area contributed by atoms with Crippen LogP contribution in [-0.2, 0) is 13.3 Å². The van der Waals surface area contributed by atoms with Crippen molar-refractivity contribution < 1.29 is 13.3 Å². The molecule has 0 atom stereocenters. The third-order valence-electron chi connectivity index (χ3n) is 0.989. The van der Waals surface area contributed by atoms with Crippen LogP contribution >= 0.6 is 0 Å². The molecule has 0 fully saturated rings. The number of hydrogen-bond acceptors (Lipinski definition) is 3. The van der Waals surface area contributed by atoms with Crippen molar-refractivity contribution >= 4 is 9.53 Å². The molecule has 0 saturated carbocycles. The van der Waals surface area contributed by atoms with Crippen LogP contribution in [0.25, 0.3) is 0 Å². The van der Waals surface area contributed by atoms with E-state index in [1.165, 1.54) is 0 Å². The number of rotatable bonds is 6. The van der Waals surface area contributed by atoms with Crippen molar-refractivity contribution in [3.63, 3.8) is 0 Å². The van der Waals surface area contributed by atoms with Crippen LogP contribution in [0, 0.1) is 0 Å². The van der Waals surface area contributed by atoms with Gasteiger partial charge in [0.05, 0.1) is 0 Å². The van der Waals surface area contributed by atoms with Crippen LogP contribution in [0.2, 0.25) is 0 Å². The van der Waals surface area contributed by atoms with Crippen molar-refractivity contribution in [1.29, 1.82) is 0 Å². The Morgan fingerprint density at radius 2 is 1.55 bits per heavy atom. The van der Waals surface area contributed by atoms with Crippen LogP contribution in [0.5, 0.6) is 0 Å². The Balaban J connectivity index is 3.50. The van der Waals surface area contributed by atoms with Gasteiger partial charge in [0.15, 0.2) is 0 Å². The van der Waals surface area contributed by atoms with Gasteiger partial charge in [-0.1, -0.05) is 0 Å². The van der Waals surface area contributed by atoms with E-state index >= 15 is 0 Å². The van der Waals surface area contributed by atoms with Gasteiger partial charge in [-0.25, -0.2) is 0 Å². The maximum atomic E-state index is 5.43. The van der Waals surface area contributed by atoms with E-state index in [-0.39, 0.29) is 6.10 Å². The fourth-order valence-corrected chi connectivity index (χ4v) is 1.86. The van der Waals surface area contributed by atoms with Gasteiger partial charge in [-0.15, -0.1) is 0 Å². The first kappa shape index (κ1) is 11.1. The highest BCUT2D eigenvalue weighted by molar-refractivity contribution is 6.36. The molecule has 0 aromatic rings. The predicted octanol–water partition coefficient (Wildman–Crippen LogP) is 1.20. The molecule has 0 aromatic heterocycles. The predicted molar refractivity (Wildman–Crippen MR) is 46.6 cm³/mol. The topological polar surface area (TPSA) is 27.7 Å². The van der Waals surface area contributed by atoms with Crippen molar-refractivity contribution in [2.75, 3.05) is 13.2 Å². The highest BCUT2D eigenvalue weighted by Crippen LogP contribution is 1.97. The molecule has 0 spiro atoms. The highest BCUT2D eigenvalue weighted by atomic mass is 28.3. The summed E-state index contributed by atoms with van der Waals surface area (Å²) in [6, 6.07) is 0. The molecule has 4 heteroatoms. The summed E-state index contributed by atoms with van der Waals surface area (Å²) < 4.78 is 16.0. The second-order valence-corrected chi connectivity index (χ2v) is 3.90. The van der Waals surface area contributed by atoms with E-state index < -0.39 is 9.53 Å². The Labute approximate surface area is 70.6 Å². The summed E-state index contributed by atoms with van der Waals surface area (Å²) in [4.78, 5) is 0. The molecule has 68 valence electrons. The van der Waals surface area contributed by atoms with Gasteiger partial charge in [0.1, 0.15) is 0 Å². The van der Waals surface area contributed by atoms with Crippen molar-refractivity contribution in [3.05, 3.63) is 0 Å². The van der Waals surface area contributed by atoms with E-state index in [2.05, 4.69) is 0 Å². The van der Waals surface area contributed by atoms with E-state index in [1.54, 1.807) is 0 Å². The summed E-state index contributed by atoms with van der Waals surface area (Å²) in [5, 5.41) is 0. The Kier molecular flexibility index (Phi) is 6.85. The highest BCUT2D eigenvalue weighted by Gasteiger charge is 2.14. The average molecular weight is 178 g/mol. The molecule has 0 aliphatic rings. The second kappa shape index (κ2) is 6.79. The first-order valence-electron chi connectivity index (χ1n) is 4.09. The van der Waals surface area contributed by atoms with E-state index in [0.717, 1.165) is 0 Å². The molecule has 0 unspecified atom stereocenters. The molecule has 3 nitrogen and oxygen atoms in total. The minimum Gasteiger partial charge on any atom is -0.376 e. The molecule has 0 N–H and O–H groups in total. The van der Waals surface area contributed by atoms with E-state index in [0.29, 0.717) is 13.2 Å². The standard InChI is InChI=1S/C7H18O3Si/c1-5-8-11(9-6-2)10-7(3)4/h7,11H,5-6H2,1-4H3. The van der Waals surface area contributed by atoms with Crippen molar-refractivity contribution in [2.45, 2.75) is 33.8 Å². The Morgan fingerprint density at radius 3 is 1.82 bits per heavy atom. The van der Waals surface area contributed by atoms with Crippen LogP contribution < -0.4 is 0 Å². The van der Waals surface area contributed by atoms with Crippen LogP contribution in [-0.4, -0.2) is 28.8 Å². The number of hydrogen-bond donors (Lipinski definition) is 0. The van der Waals surface area contributed by atoms with Crippen LogP contribution in [0.3, 0.4) is 0 Å². The molecule has 0 bridgehead atoms. The molecule has 0 radical (unpaired) electrons. The van der Waals surface area contributed by atoms with Crippen LogP contribution in [0.1, 0.15) is 27.7 Å². The minimum atomic E-state index is -1.79. The first-order valence-corrected chi connectivity index (χ1v) is 5.50. The molecular weight excluding hydrogens is 160 g/mol. The van der Waals surface area contributed by atoms with E-state index in [9.17, 15) is 0 Å². The maximum absolute atomic E-state index is 5.43. The largest absolute Gasteiger partial charge is 0.484 e. The molecule has 0 aliphatic heterocycles. The van der Waals surface area contributed by atoms with Gasteiger partial charge < -0.3 is 13.3 Å². The fourth-order valence-electron chi connectivity index (χ4n) is 0.621. The van der Waals surface area contributed by atoms with Crippen molar-refractivity contribution in [2.24, 2.45) is 0 Å². The molecule has 11 heavy (non-hydrogen) atoms. The normalized spacial score (nSPS) is 11.5. The van der Waals surface area contributed by atoms with Crippen molar-refractivity contribution in [1.82, 2.24) is 0 Å². The zero-order chi connectivity index (χ0) is 8.69. The SMILES string of the molecule is CCO[SiH](OCC)OC(C)C. The molecule has 0 heterocycles. The van der Waals surface area contributed by atoms with Gasteiger partial charge in [-0.2, -0.15) is 0 Å². The minimum absolute atomic E-state index is 0.199. The zero-order valence-electron chi connectivity index (χ0n) is 7.79. The van der Waals surface area contributed by atoms with Crippen molar-refractivity contribution in [3.8, 4) is 0 Å². The molecule has 0 rings (SSSR count). The quantitative estimate of drug-likeness (QED) is 0.572. The summed E-state index contributed by atoms with van der Waals surface area (Å²) in [5.74, 6) is 0. The third kappa shape index (κ3) is 6.49. The summed E-state index contributed by atoms with van der Waals surface area (Å²) in [6.07, 6.45) is 0.199. The lowest BCUT2D eigenvalue weighted by atomic mass is 10.5. The Bertz CT molecular complexity index is 81.8. The van der Waals surface area contributed by atoms with Crippen LogP contribution in [0.15, 0.2) is 0 Å². The monoisotopic (exact) mass is 178 g/mol. The molecule has 0 aromatic carbocycles. The second-order valence-electron chi connectivity index (χ2n) is 2.38. The maximum Gasteiger partial charge on any atom is 0.484 e. The lowest BCUT2D eigenvalue weighted by Crippen LogP contribution is -2.30.